The summed E-state index contributed by atoms with van der Waals surface area (Å²) in [6.07, 6.45) is 4.11. The second-order valence-electron chi connectivity index (χ2n) is 5.30. The van der Waals surface area contributed by atoms with Gasteiger partial charge >= 0.3 is 5.97 Å². The summed E-state index contributed by atoms with van der Waals surface area (Å²) in [6.45, 7) is 0. The predicted molar refractivity (Wildman–Crippen MR) is 89.6 cm³/mol. The molecule has 25 heavy (non-hydrogen) atoms. The fraction of sp³-hybridized carbons (Fsp3) is 0.167. The van der Waals surface area contributed by atoms with Crippen molar-refractivity contribution in [1.82, 2.24) is 19.7 Å². The van der Waals surface area contributed by atoms with Crippen LogP contribution in [0, 0.1) is 11.3 Å². The van der Waals surface area contributed by atoms with Crippen LogP contribution in [0.3, 0.4) is 0 Å². The van der Waals surface area contributed by atoms with E-state index in [1.807, 2.05) is 24.3 Å². The van der Waals surface area contributed by atoms with E-state index in [4.69, 9.17) is 5.26 Å². The molecule has 2 aromatic heterocycles. The molecule has 0 aliphatic rings. The number of rotatable bonds is 5. The van der Waals surface area contributed by atoms with E-state index in [1.54, 1.807) is 29.2 Å². The molecular weight excluding hydrogens is 318 g/mol. The van der Waals surface area contributed by atoms with Gasteiger partial charge < -0.3 is 4.74 Å². The van der Waals surface area contributed by atoms with E-state index in [2.05, 4.69) is 26.0 Å². The Labute approximate surface area is 144 Å². The van der Waals surface area contributed by atoms with Crippen LogP contribution in [-0.2, 0) is 16.0 Å². The molecule has 3 rings (SSSR count). The zero-order valence-electron chi connectivity index (χ0n) is 13.6. The van der Waals surface area contributed by atoms with Crippen molar-refractivity contribution in [2.45, 2.75) is 12.8 Å². The van der Waals surface area contributed by atoms with Crippen molar-refractivity contribution in [3.05, 3.63) is 60.2 Å². The topological polar surface area (TPSA) is 93.7 Å². The maximum absolute atomic E-state index is 11.3. The number of ether oxygens (including phenoxy) is 1. The minimum atomic E-state index is -0.269. The summed E-state index contributed by atoms with van der Waals surface area (Å²) in [4.78, 5) is 15.4. The Morgan fingerprint density at radius 1 is 1.20 bits per heavy atom. The largest absolute Gasteiger partial charge is 0.469 e. The molecule has 0 spiro atoms. The number of nitriles is 1. The van der Waals surface area contributed by atoms with Gasteiger partial charge in [-0.2, -0.15) is 5.26 Å². The fourth-order valence-electron chi connectivity index (χ4n) is 2.37. The van der Waals surface area contributed by atoms with Crippen LogP contribution >= 0.6 is 0 Å². The summed E-state index contributed by atoms with van der Waals surface area (Å²) in [5.41, 5.74) is 3.05. The number of benzene rings is 1. The van der Waals surface area contributed by atoms with Crippen molar-refractivity contribution >= 4 is 5.97 Å². The van der Waals surface area contributed by atoms with Crippen LogP contribution in [0.5, 0.6) is 0 Å². The first-order chi connectivity index (χ1) is 12.2. The van der Waals surface area contributed by atoms with Crippen molar-refractivity contribution < 1.29 is 9.53 Å². The Morgan fingerprint density at radius 2 is 2.00 bits per heavy atom. The molecular formula is C18H15N5O2. The van der Waals surface area contributed by atoms with Crippen molar-refractivity contribution in [1.29, 1.82) is 5.26 Å². The molecule has 0 fully saturated rings. The molecule has 3 aromatic rings. The molecule has 0 aliphatic carbocycles. The van der Waals surface area contributed by atoms with Gasteiger partial charge in [-0.05, 0) is 24.3 Å². The lowest BCUT2D eigenvalue weighted by Crippen LogP contribution is -2.07. The highest BCUT2D eigenvalue weighted by Gasteiger charge is 2.09. The molecule has 0 bridgehead atoms. The summed E-state index contributed by atoms with van der Waals surface area (Å²) >= 11 is 0. The molecule has 7 nitrogen and oxygen atoms in total. The van der Waals surface area contributed by atoms with Gasteiger partial charge in [0, 0.05) is 23.9 Å². The maximum atomic E-state index is 11.3. The van der Waals surface area contributed by atoms with E-state index < -0.39 is 0 Å². The highest BCUT2D eigenvalue weighted by Crippen LogP contribution is 2.18. The second kappa shape index (κ2) is 7.36. The summed E-state index contributed by atoms with van der Waals surface area (Å²) in [5, 5.41) is 17.3. The molecule has 0 unspecified atom stereocenters. The lowest BCUT2D eigenvalue weighted by atomic mass is 10.1. The quantitative estimate of drug-likeness (QED) is 0.665. The van der Waals surface area contributed by atoms with Crippen LogP contribution in [-0.4, -0.2) is 32.8 Å². The first-order valence-electron chi connectivity index (χ1n) is 7.64. The van der Waals surface area contributed by atoms with Gasteiger partial charge in [-0.1, -0.05) is 12.1 Å². The van der Waals surface area contributed by atoms with Gasteiger partial charge in [-0.3, -0.25) is 9.36 Å². The van der Waals surface area contributed by atoms with Gasteiger partial charge in [-0.15, -0.1) is 10.2 Å². The number of imidazole rings is 1. The van der Waals surface area contributed by atoms with Crippen LogP contribution in [0.25, 0.3) is 17.1 Å². The summed E-state index contributed by atoms with van der Waals surface area (Å²) in [5.74, 6) is 0.352. The SMILES string of the molecule is COC(=O)CCc1cncn1-c1ccc(-c2ccc(C#N)cc2)nn1. The number of hydrogen-bond acceptors (Lipinski definition) is 6. The van der Waals surface area contributed by atoms with Crippen molar-refractivity contribution in [2.75, 3.05) is 7.11 Å². The maximum Gasteiger partial charge on any atom is 0.305 e. The minimum Gasteiger partial charge on any atom is -0.469 e. The van der Waals surface area contributed by atoms with Crippen molar-refractivity contribution in [3.63, 3.8) is 0 Å². The minimum absolute atomic E-state index is 0.269. The number of carbonyl (C=O) groups excluding carboxylic acids is 1. The molecule has 124 valence electrons. The first kappa shape index (κ1) is 16.3. The predicted octanol–water partition coefficient (Wildman–Crippen LogP) is 2.31. The van der Waals surface area contributed by atoms with Gasteiger partial charge in [0.05, 0.1) is 30.9 Å². The van der Waals surface area contributed by atoms with E-state index in [9.17, 15) is 4.79 Å². The number of methoxy groups -OCH3 is 1. The van der Waals surface area contributed by atoms with Gasteiger partial charge in [0.25, 0.3) is 0 Å². The summed E-state index contributed by atoms with van der Waals surface area (Å²) in [7, 11) is 1.37. The van der Waals surface area contributed by atoms with Crippen LogP contribution in [0.4, 0.5) is 0 Å². The van der Waals surface area contributed by atoms with E-state index in [1.165, 1.54) is 7.11 Å². The smallest absolute Gasteiger partial charge is 0.305 e. The number of carbonyl (C=O) groups is 1. The van der Waals surface area contributed by atoms with Crippen LogP contribution in [0.2, 0.25) is 0 Å². The third kappa shape index (κ3) is 3.70. The molecule has 0 radical (unpaired) electrons. The summed E-state index contributed by atoms with van der Waals surface area (Å²) in [6, 6.07) is 12.9. The normalized spacial score (nSPS) is 10.2. The Hall–Kier alpha value is -3.53. The van der Waals surface area contributed by atoms with E-state index >= 15 is 0 Å². The number of aromatic nitrogens is 4. The Kier molecular flexibility index (Phi) is 4.81. The fourth-order valence-corrected chi connectivity index (χ4v) is 2.37. The monoisotopic (exact) mass is 333 g/mol. The zero-order chi connectivity index (χ0) is 17.6. The molecule has 0 amide bonds. The Bertz CT molecular complexity index is 908. The van der Waals surface area contributed by atoms with Crippen LogP contribution in [0.1, 0.15) is 17.7 Å². The van der Waals surface area contributed by atoms with Crippen LogP contribution in [0.15, 0.2) is 48.9 Å². The zero-order valence-corrected chi connectivity index (χ0v) is 13.6. The molecule has 2 heterocycles. The third-order valence-electron chi connectivity index (χ3n) is 3.74. The van der Waals surface area contributed by atoms with E-state index in [0.717, 1.165) is 11.3 Å². The van der Waals surface area contributed by atoms with Gasteiger partial charge in [-0.25, -0.2) is 4.98 Å². The van der Waals surface area contributed by atoms with Crippen molar-refractivity contribution in [3.8, 4) is 23.1 Å². The number of nitrogens with zero attached hydrogens (tertiary/aromatic N) is 5. The molecule has 0 saturated carbocycles. The molecule has 0 saturated heterocycles. The van der Waals surface area contributed by atoms with E-state index in [-0.39, 0.29) is 12.4 Å². The highest BCUT2D eigenvalue weighted by atomic mass is 16.5. The van der Waals surface area contributed by atoms with Crippen molar-refractivity contribution in [2.24, 2.45) is 0 Å². The lowest BCUT2D eigenvalue weighted by molar-refractivity contribution is -0.140. The lowest BCUT2D eigenvalue weighted by Gasteiger charge is -2.07. The molecule has 0 aliphatic heterocycles. The molecule has 7 heteroatoms. The highest BCUT2D eigenvalue weighted by molar-refractivity contribution is 5.69. The first-order valence-corrected chi connectivity index (χ1v) is 7.64. The Morgan fingerprint density at radius 3 is 2.64 bits per heavy atom. The second-order valence-corrected chi connectivity index (χ2v) is 5.30. The van der Waals surface area contributed by atoms with Crippen LogP contribution < -0.4 is 0 Å². The molecule has 0 atom stereocenters. The number of esters is 1. The number of aryl methyl sites for hydroxylation is 1. The van der Waals surface area contributed by atoms with Gasteiger partial charge in [0.15, 0.2) is 5.82 Å². The van der Waals surface area contributed by atoms with Gasteiger partial charge in [0.1, 0.15) is 6.33 Å². The number of hydrogen-bond donors (Lipinski definition) is 0. The van der Waals surface area contributed by atoms with Gasteiger partial charge in [0.2, 0.25) is 0 Å². The molecule has 0 N–H and O–H groups in total. The third-order valence-corrected chi connectivity index (χ3v) is 3.74. The molecule has 1 aromatic carbocycles. The van der Waals surface area contributed by atoms with E-state index in [0.29, 0.717) is 23.5 Å². The standard InChI is InChI=1S/C18H15N5O2/c1-25-18(24)9-6-15-11-20-12-23(15)17-8-7-16(21-22-17)14-4-2-13(10-19)3-5-14/h2-5,7-8,11-12H,6,9H2,1H3. The average molecular weight is 333 g/mol. The summed E-state index contributed by atoms with van der Waals surface area (Å²) < 4.78 is 6.45. The average Bonchev–Trinajstić information content (AvgIpc) is 3.15. The Balaban J connectivity index is 1.80.